The maximum absolute atomic E-state index is 12.2. The predicted molar refractivity (Wildman–Crippen MR) is 79.0 cm³/mol. The smallest absolute Gasteiger partial charge is 0.281 e. The molecule has 0 aliphatic carbocycles. The Hall–Kier alpha value is -1.11. The summed E-state index contributed by atoms with van der Waals surface area (Å²) >= 11 is 0. The van der Waals surface area contributed by atoms with Gasteiger partial charge in [-0.1, -0.05) is 12.1 Å². The molecule has 1 fully saturated rings. The Kier molecular flexibility index (Phi) is 5.01. The lowest BCUT2D eigenvalue weighted by Gasteiger charge is -2.23. The van der Waals surface area contributed by atoms with Gasteiger partial charge in [0.15, 0.2) is 0 Å². The molecular weight excluding hydrogens is 276 g/mol. The minimum atomic E-state index is -3.31. The number of benzene rings is 1. The molecule has 1 aliphatic rings. The number of rotatable bonds is 6. The highest BCUT2D eigenvalue weighted by molar-refractivity contribution is 7.86. The van der Waals surface area contributed by atoms with Crippen LogP contribution in [0.3, 0.4) is 0 Å². The molecule has 0 saturated carbocycles. The summed E-state index contributed by atoms with van der Waals surface area (Å²) < 4.78 is 33.0. The Morgan fingerprint density at radius 1 is 1.30 bits per heavy atom. The molecular formula is C14H22N2O3S. The summed E-state index contributed by atoms with van der Waals surface area (Å²) in [4.78, 5) is 0. The van der Waals surface area contributed by atoms with Gasteiger partial charge in [0, 0.05) is 26.7 Å². The minimum Gasteiger partial charge on any atom is -0.492 e. The van der Waals surface area contributed by atoms with Crippen LogP contribution in [0.5, 0.6) is 5.75 Å². The number of hydrogen-bond acceptors (Lipinski definition) is 3. The van der Waals surface area contributed by atoms with Crippen molar-refractivity contribution in [2.24, 2.45) is 0 Å². The van der Waals surface area contributed by atoms with Crippen molar-refractivity contribution >= 4 is 10.2 Å². The molecule has 1 heterocycles. The lowest BCUT2D eigenvalue weighted by Crippen LogP contribution is -2.41. The first kappa shape index (κ1) is 15.3. The number of ether oxygens (including phenoxy) is 1. The zero-order valence-electron chi connectivity index (χ0n) is 12.1. The van der Waals surface area contributed by atoms with Crippen LogP contribution in [-0.2, 0) is 10.2 Å². The van der Waals surface area contributed by atoms with Crippen LogP contribution in [-0.4, -0.2) is 50.3 Å². The van der Waals surface area contributed by atoms with Crippen LogP contribution in [0.15, 0.2) is 24.3 Å². The van der Waals surface area contributed by atoms with Crippen LogP contribution in [0.25, 0.3) is 0 Å². The molecule has 0 aromatic heterocycles. The zero-order chi connectivity index (χ0) is 14.6. The molecule has 1 aromatic carbocycles. The zero-order valence-corrected chi connectivity index (χ0v) is 12.9. The molecule has 0 radical (unpaired) electrons. The quantitative estimate of drug-likeness (QED) is 0.802. The van der Waals surface area contributed by atoms with Gasteiger partial charge in [0.2, 0.25) is 0 Å². The van der Waals surface area contributed by atoms with E-state index in [-0.39, 0.29) is 0 Å². The van der Waals surface area contributed by atoms with Gasteiger partial charge in [0.25, 0.3) is 10.2 Å². The van der Waals surface area contributed by atoms with Crippen molar-refractivity contribution in [3.8, 4) is 5.75 Å². The molecule has 2 rings (SSSR count). The predicted octanol–water partition coefficient (Wildman–Crippen LogP) is 1.65. The van der Waals surface area contributed by atoms with Crippen molar-refractivity contribution in [2.75, 3.05) is 33.3 Å². The highest BCUT2D eigenvalue weighted by atomic mass is 32.2. The maximum atomic E-state index is 12.2. The van der Waals surface area contributed by atoms with Gasteiger partial charge in [-0.15, -0.1) is 0 Å². The Labute approximate surface area is 121 Å². The van der Waals surface area contributed by atoms with E-state index in [0.717, 1.165) is 24.2 Å². The Bertz CT molecular complexity index is 539. The van der Waals surface area contributed by atoms with E-state index in [1.807, 2.05) is 31.2 Å². The van der Waals surface area contributed by atoms with E-state index >= 15 is 0 Å². The van der Waals surface area contributed by atoms with Crippen molar-refractivity contribution in [2.45, 2.75) is 19.8 Å². The molecule has 0 unspecified atom stereocenters. The molecule has 1 aromatic rings. The molecule has 112 valence electrons. The van der Waals surface area contributed by atoms with E-state index in [1.54, 1.807) is 11.4 Å². The van der Waals surface area contributed by atoms with Crippen molar-refractivity contribution in [3.05, 3.63) is 29.8 Å². The molecule has 0 amide bonds. The van der Waals surface area contributed by atoms with Crippen LogP contribution in [0.1, 0.15) is 18.4 Å². The standard InChI is InChI=1S/C14H22N2O3S/c1-13-6-5-7-14(12-13)19-11-10-15(2)20(17,18)16-8-3-4-9-16/h5-7,12H,3-4,8-11H2,1-2H3. The van der Waals surface area contributed by atoms with Crippen LogP contribution in [0.4, 0.5) is 0 Å². The van der Waals surface area contributed by atoms with Gasteiger partial charge in [-0.25, -0.2) is 0 Å². The topological polar surface area (TPSA) is 49.9 Å². The molecule has 0 N–H and O–H groups in total. The third-order valence-corrected chi connectivity index (χ3v) is 5.44. The summed E-state index contributed by atoms with van der Waals surface area (Å²) in [7, 11) is -1.71. The Morgan fingerprint density at radius 3 is 2.65 bits per heavy atom. The van der Waals surface area contributed by atoms with Gasteiger partial charge >= 0.3 is 0 Å². The van der Waals surface area contributed by atoms with Crippen molar-refractivity contribution in [1.82, 2.24) is 8.61 Å². The first-order valence-electron chi connectivity index (χ1n) is 6.91. The molecule has 1 saturated heterocycles. The van der Waals surface area contributed by atoms with Gasteiger partial charge < -0.3 is 4.74 Å². The van der Waals surface area contributed by atoms with E-state index in [4.69, 9.17) is 4.74 Å². The van der Waals surface area contributed by atoms with Crippen LogP contribution in [0.2, 0.25) is 0 Å². The first-order chi connectivity index (χ1) is 9.50. The van der Waals surface area contributed by atoms with E-state index in [9.17, 15) is 8.42 Å². The lowest BCUT2D eigenvalue weighted by atomic mass is 10.2. The average molecular weight is 298 g/mol. The van der Waals surface area contributed by atoms with Gasteiger partial charge in [-0.05, 0) is 37.5 Å². The Balaban J connectivity index is 1.84. The SMILES string of the molecule is Cc1cccc(OCCN(C)S(=O)(=O)N2CCCC2)c1. The van der Waals surface area contributed by atoms with Crippen LogP contribution >= 0.6 is 0 Å². The monoisotopic (exact) mass is 298 g/mol. The summed E-state index contributed by atoms with van der Waals surface area (Å²) in [5, 5.41) is 0. The minimum absolute atomic E-state index is 0.354. The van der Waals surface area contributed by atoms with Gasteiger partial charge in [-0.3, -0.25) is 0 Å². The largest absolute Gasteiger partial charge is 0.492 e. The number of nitrogens with zero attached hydrogens (tertiary/aromatic N) is 2. The van der Waals surface area contributed by atoms with Gasteiger partial charge in [-0.2, -0.15) is 17.0 Å². The lowest BCUT2D eigenvalue weighted by molar-refractivity contribution is 0.279. The molecule has 20 heavy (non-hydrogen) atoms. The van der Waals surface area contributed by atoms with Crippen molar-refractivity contribution < 1.29 is 13.2 Å². The van der Waals surface area contributed by atoms with Crippen LogP contribution in [0, 0.1) is 6.92 Å². The molecule has 5 nitrogen and oxygen atoms in total. The number of hydrogen-bond donors (Lipinski definition) is 0. The van der Waals surface area contributed by atoms with Gasteiger partial charge in [0.05, 0.1) is 0 Å². The second-order valence-corrected chi connectivity index (χ2v) is 7.14. The van der Waals surface area contributed by atoms with Crippen molar-refractivity contribution in [1.29, 1.82) is 0 Å². The summed E-state index contributed by atoms with van der Waals surface area (Å²) in [6, 6.07) is 7.74. The second kappa shape index (κ2) is 6.56. The molecule has 0 bridgehead atoms. The normalized spacial score (nSPS) is 16.8. The summed E-state index contributed by atoms with van der Waals surface area (Å²) in [6.07, 6.45) is 1.90. The highest BCUT2D eigenvalue weighted by Gasteiger charge is 2.28. The average Bonchev–Trinajstić information content (AvgIpc) is 2.93. The van der Waals surface area contributed by atoms with E-state index in [1.165, 1.54) is 4.31 Å². The summed E-state index contributed by atoms with van der Waals surface area (Å²) in [6.45, 7) is 3.97. The van der Waals surface area contributed by atoms with Crippen molar-refractivity contribution in [3.63, 3.8) is 0 Å². The third kappa shape index (κ3) is 3.71. The van der Waals surface area contributed by atoms with E-state index in [2.05, 4.69) is 0 Å². The fourth-order valence-electron chi connectivity index (χ4n) is 2.23. The second-order valence-electron chi connectivity index (χ2n) is 5.10. The fraction of sp³-hybridized carbons (Fsp3) is 0.571. The van der Waals surface area contributed by atoms with E-state index in [0.29, 0.717) is 26.2 Å². The molecule has 6 heteroatoms. The first-order valence-corrected chi connectivity index (χ1v) is 8.31. The highest BCUT2D eigenvalue weighted by Crippen LogP contribution is 2.16. The fourth-order valence-corrected chi connectivity index (χ4v) is 3.65. The third-order valence-electron chi connectivity index (χ3n) is 3.45. The van der Waals surface area contributed by atoms with E-state index < -0.39 is 10.2 Å². The van der Waals surface area contributed by atoms with Gasteiger partial charge in [0.1, 0.15) is 12.4 Å². The molecule has 0 atom stereocenters. The maximum Gasteiger partial charge on any atom is 0.281 e. The Morgan fingerprint density at radius 2 is 2.00 bits per heavy atom. The number of likely N-dealkylation sites (N-methyl/N-ethyl adjacent to an activating group) is 1. The molecule has 1 aliphatic heterocycles. The number of aryl methyl sites for hydroxylation is 1. The van der Waals surface area contributed by atoms with Crippen LogP contribution < -0.4 is 4.74 Å². The summed E-state index contributed by atoms with van der Waals surface area (Å²) in [5.41, 5.74) is 1.13. The summed E-state index contributed by atoms with van der Waals surface area (Å²) in [5.74, 6) is 0.775. The molecule has 0 spiro atoms.